The molecule has 33 heavy (non-hydrogen) atoms. The number of nitrogen functional groups attached to an aromatic ring is 1. The molecular weight excluding hydrogens is 445 g/mol. The van der Waals surface area contributed by atoms with Crippen LogP contribution in [0.25, 0.3) is 16.3 Å². The van der Waals surface area contributed by atoms with Crippen LogP contribution in [-0.4, -0.2) is 28.7 Å². The van der Waals surface area contributed by atoms with Crippen molar-refractivity contribution in [2.75, 3.05) is 12.8 Å². The Morgan fingerprint density at radius 2 is 1.94 bits per heavy atom. The number of thiophene rings is 1. The van der Waals surface area contributed by atoms with Crippen molar-refractivity contribution in [3.63, 3.8) is 0 Å². The standard InChI is InChI=1S/C23H20FN5O3S/c1-32-17-9-6-14(24)11-16(17)23(31)27-12-13-4-7-15(8-5-13)29-21(22(26)30)19(25)20(28-29)18-3-2-10-33-18/h2-11H,12,25H2,1H3,(H2,26,30)(H,27,31). The summed E-state index contributed by atoms with van der Waals surface area (Å²) in [4.78, 5) is 25.3. The number of benzene rings is 2. The number of amides is 2. The highest BCUT2D eigenvalue weighted by atomic mass is 32.1. The molecule has 0 unspecified atom stereocenters. The summed E-state index contributed by atoms with van der Waals surface area (Å²) in [5.74, 6) is -1.41. The molecule has 2 aromatic heterocycles. The molecule has 0 fully saturated rings. The van der Waals surface area contributed by atoms with Crippen molar-refractivity contribution in [2.24, 2.45) is 5.73 Å². The van der Waals surface area contributed by atoms with Gasteiger partial charge in [-0.2, -0.15) is 5.10 Å². The second-order valence-electron chi connectivity index (χ2n) is 7.06. The van der Waals surface area contributed by atoms with Gasteiger partial charge in [0.15, 0.2) is 5.69 Å². The topological polar surface area (TPSA) is 125 Å². The molecule has 2 heterocycles. The zero-order chi connectivity index (χ0) is 23.5. The largest absolute Gasteiger partial charge is 0.496 e. The minimum Gasteiger partial charge on any atom is -0.496 e. The van der Waals surface area contributed by atoms with E-state index in [-0.39, 0.29) is 29.2 Å². The summed E-state index contributed by atoms with van der Waals surface area (Å²) < 4.78 is 20.1. The van der Waals surface area contributed by atoms with Gasteiger partial charge in [-0.15, -0.1) is 11.3 Å². The van der Waals surface area contributed by atoms with Crippen molar-refractivity contribution in [3.05, 3.63) is 82.6 Å². The Balaban J connectivity index is 1.55. The van der Waals surface area contributed by atoms with Gasteiger partial charge in [0, 0.05) is 6.54 Å². The third kappa shape index (κ3) is 4.41. The summed E-state index contributed by atoms with van der Waals surface area (Å²) in [5, 5.41) is 9.12. The first-order chi connectivity index (χ1) is 15.9. The summed E-state index contributed by atoms with van der Waals surface area (Å²) in [6.45, 7) is 0.198. The molecule has 0 bridgehead atoms. The number of methoxy groups -OCH3 is 1. The second-order valence-corrected chi connectivity index (χ2v) is 8.01. The fraction of sp³-hybridized carbons (Fsp3) is 0.0870. The number of aromatic nitrogens is 2. The summed E-state index contributed by atoms with van der Waals surface area (Å²) in [6.07, 6.45) is 0. The Kier molecular flexibility index (Phi) is 6.09. The monoisotopic (exact) mass is 465 g/mol. The number of primary amides is 1. The van der Waals surface area contributed by atoms with Gasteiger partial charge in [0.05, 0.1) is 28.9 Å². The molecule has 0 aliphatic carbocycles. The number of ether oxygens (including phenoxy) is 1. The van der Waals surface area contributed by atoms with Crippen LogP contribution >= 0.6 is 11.3 Å². The van der Waals surface area contributed by atoms with Crippen LogP contribution in [0.3, 0.4) is 0 Å². The minimum atomic E-state index is -0.691. The molecule has 2 amide bonds. The Labute approximate surface area is 192 Å². The molecule has 4 rings (SSSR count). The third-order valence-electron chi connectivity index (χ3n) is 4.95. The van der Waals surface area contributed by atoms with Gasteiger partial charge < -0.3 is 21.5 Å². The normalized spacial score (nSPS) is 10.7. The highest BCUT2D eigenvalue weighted by Crippen LogP contribution is 2.32. The minimum absolute atomic E-state index is 0.0950. The number of nitrogens with one attached hydrogen (secondary N) is 1. The third-order valence-corrected chi connectivity index (χ3v) is 5.83. The van der Waals surface area contributed by atoms with Crippen LogP contribution in [0.2, 0.25) is 0 Å². The van der Waals surface area contributed by atoms with Crippen LogP contribution in [0.5, 0.6) is 5.75 Å². The van der Waals surface area contributed by atoms with E-state index in [4.69, 9.17) is 16.2 Å². The predicted molar refractivity (Wildman–Crippen MR) is 124 cm³/mol. The van der Waals surface area contributed by atoms with Gasteiger partial charge in [-0.25, -0.2) is 9.07 Å². The Hall–Kier alpha value is -4.18. The Bertz CT molecular complexity index is 1320. The molecule has 168 valence electrons. The number of nitrogens with zero attached hydrogens (tertiary/aromatic N) is 2. The van der Waals surface area contributed by atoms with Gasteiger partial charge in [0.2, 0.25) is 0 Å². The summed E-state index contributed by atoms with van der Waals surface area (Å²) >= 11 is 1.45. The lowest BCUT2D eigenvalue weighted by Crippen LogP contribution is -2.23. The second kappa shape index (κ2) is 9.13. The van der Waals surface area contributed by atoms with Gasteiger partial charge in [-0.05, 0) is 47.3 Å². The van der Waals surface area contributed by atoms with Crippen LogP contribution < -0.4 is 21.5 Å². The fourth-order valence-electron chi connectivity index (χ4n) is 3.34. The van der Waals surface area contributed by atoms with Gasteiger partial charge in [-0.3, -0.25) is 9.59 Å². The maximum Gasteiger partial charge on any atom is 0.269 e. The molecule has 0 atom stereocenters. The lowest BCUT2D eigenvalue weighted by Gasteiger charge is -2.10. The number of hydrogen-bond acceptors (Lipinski definition) is 6. The molecule has 8 nitrogen and oxygen atoms in total. The van der Waals surface area contributed by atoms with E-state index >= 15 is 0 Å². The zero-order valence-electron chi connectivity index (χ0n) is 17.5. The van der Waals surface area contributed by atoms with Gasteiger partial charge in [-0.1, -0.05) is 18.2 Å². The first-order valence-corrected chi connectivity index (χ1v) is 10.7. The number of carbonyl (C=O) groups excluding carboxylic acids is 2. The maximum absolute atomic E-state index is 13.5. The molecule has 4 aromatic rings. The van der Waals surface area contributed by atoms with E-state index in [0.29, 0.717) is 11.4 Å². The SMILES string of the molecule is COc1ccc(F)cc1C(=O)NCc1ccc(-n2nc(-c3cccs3)c(N)c2C(N)=O)cc1. The van der Waals surface area contributed by atoms with Crippen LogP contribution in [0.4, 0.5) is 10.1 Å². The maximum atomic E-state index is 13.5. The van der Waals surface area contributed by atoms with E-state index in [9.17, 15) is 14.0 Å². The quantitative estimate of drug-likeness (QED) is 0.386. The van der Waals surface area contributed by atoms with Crippen LogP contribution in [0.15, 0.2) is 60.0 Å². The van der Waals surface area contributed by atoms with E-state index in [2.05, 4.69) is 10.4 Å². The summed E-state index contributed by atoms with van der Waals surface area (Å²) in [5.41, 5.74) is 14.0. The first-order valence-electron chi connectivity index (χ1n) is 9.82. The Morgan fingerprint density at radius 3 is 2.58 bits per heavy atom. The van der Waals surface area contributed by atoms with E-state index in [1.165, 1.54) is 35.3 Å². The summed E-state index contributed by atoms with van der Waals surface area (Å²) in [7, 11) is 1.41. The van der Waals surface area contributed by atoms with E-state index < -0.39 is 17.6 Å². The fourth-order valence-corrected chi connectivity index (χ4v) is 4.06. The molecule has 0 saturated heterocycles. The molecule has 0 spiro atoms. The number of anilines is 1. The molecule has 0 aliphatic heterocycles. The van der Waals surface area contributed by atoms with Crippen LogP contribution in [0, 0.1) is 5.82 Å². The van der Waals surface area contributed by atoms with Crippen LogP contribution in [-0.2, 0) is 6.54 Å². The highest BCUT2D eigenvalue weighted by Gasteiger charge is 2.22. The lowest BCUT2D eigenvalue weighted by molar-refractivity contribution is 0.0946. The molecule has 0 radical (unpaired) electrons. The van der Waals surface area contributed by atoms with Crippen LogP contribution in [0.1, 0.15) is 26.4 Å². The van der Waals surface area contributed by atoms with Crippen molar-refractivity contribution < 1.29 is 18.7 Å². The van der Waals surface area contributed by atoms with Crippen molar-refractivity contribution in [1.82, 2.24) is 15.1 Å². The van der Waals surface area contributed by atoms with Crippen molar-refractivity contribution in [3.8, 4) is 22.0 Å². The smallest absolute Gasteiger partial charge is 0.269 e. The predicted octanol–water partition coefficient (Wildman–Crippen LogP) is 3.36. The van der Waals surface area contributed by atoms with E-state index in [1.54, 1.807) is 24.3 Å². The van der Waals surface area contributed by atoms with E-state index in [1.807, 2.05) is 17.5 Å². The highest BCUT2D eigenvalue weighted by molar-refractivity contribution is 7.13. The number of nitrogens with two attached hydrogens (primary N) is 2. The average Bonchev–Trinajstić information content (AvgIpc) is 3.45. The van der Waals surface area contributed by atoms with Crippen molar-refractivity contribution in [2.45, 2.75) is 6.54 Å². The van der Waals surface area contributed by atoms with Crippen molar-refractivity contribution in [1.29, 1.82) is 0 Å². The molecular formula is C23H20FN5O3S. The summed E-state index contributed by atoms with van der Waals surface area (Å²) in [6, 6.07) is 14.5. The van der Waals surface area contributed by atoms with E-state index in [0.717, 1.165) is 16.5 Å². The molecule has 5 N–H and O–H groups in total. The van der Waals surface area contributed by atoms with Gasteiger partial charge >= 0.3 is 0 Å². The first kappa shape index (κ1) is 22.0. The Morgan fingerprint density at radius 1 is 1.18 bits per heavy atom. The molecule has 0 saturated carbocycles. The molecule has 10 heteroatoms. The number of hydrogen-bond donors (Lipinski definition) is 3. The van der Waals surface area contributed by atoms with Gasteiger partial charge in [0.1, 0.15) is 17.3 Å². The lowest BCUT2D eigenvalue weighted by atomic mass is 10.1. The molecule has 0 aliphatic rings. The van der Waals surface area contributed by atoms with Gasteiger partial charge in [0.25, 0.3) is 11.8 Å². The molecule has 2 aromatic carbocycles. The number of carbonyl (C=O) groups is 2. The zero-order valence-corrected chi connectivity index (χ0v) is 18.4. The number of halogens is 1. The van der Waals surface area contributed by atoms with Crippen molar-refractivity contribution >= 4 is 28.8 Å². The number of rotatable bonds is 7. The average molecular weight is 466 g/mol.